The first-order valence-electron chi connectivity index (χ1n) is 7.52. The number of para-hydroxylation sites is 1. The van der Waals surface area contributed by atoms with E-state index in [4.69, 9.17) is 0 Å². The molecule has 0 spiro atoms. The summed E-state index contributed by atoms with van der Waals surface area (Å²) in [5.41, 5.74) is 0.374. The van der Waals surface area contributed by atoms with Crippen molar-refractivity contribution in [2.45, 2.75) is 9.79 Å². The van der Waals surface area contributed by atoms with Crippen LogP contribution in [0.1, 0.15) is 0 Å². The van der Waals surface area contributed by atoms with E-state index in [2.05, 4.69) is 9.44 Å². The third-order valence-electron chi connectivity index (χ3n) is 3.79. The van der Waals surface area contributed by atoms with Gasteiger partial charge in [-0.3, -0.25) is 4.72 Å². The lowest BCUT2D eigenvalue weighted by molar-refractivity contribution is 0.478. The highest BCUT2D eigenvalue weighted by molar-refractivity contribution is 7.92. The number of nitrogens with one attached hydrogen (secondary N) is 2. The maximum atomic E-state index is 12.6. The van der Waals surface area contributed by atoms with Crippen LogP contribution in [-0.2, 0) is 20.0 Å². The molecule has 0 heterocycles. The molecule has 3 aromatic rings. The van der Waals surface area contributed by atoms with E-state index in [0.29, 0.717) is 5.69 Å². The first-order valence-corrected chi connectivity index (χ1v) is 10.5. The van der Waals surface area contributed by atoms with Crippen molar-refractivity contribution in [1.82, 2.24) is 4.72 Å². The Morgan fingerprint density at radius 2 is 1.54 bits per heavy atom. The van der Waals surface area contributed by atoms with E-state index in [1.807, 2.05) is 0 Å². The van der Waals surface area contributed by atoms with Crippen molar-refractivity contribution in [3.05, 3.63) is 60.7 Å². The molecule has 0 aromatic heterocycles. The lowest BCUT2D eigenvalue weighted by Gasteiger charge is -2.12. The molecule has 26 heavy (non-hydrogen) atoms. The highest BCUT2D eigenvalue weighted by Gasteiger charge is 2.21. The highest BCUT2D eigenvalue weighted by Crippen LogP contribution is 2.34. The van der Waals surface area contributed by atoms with Crippen LogP contribution in [0.2, 0.25) is 0 Å². The topological polar surface area (TPSA) is 113 Å². The van der Waals surface area contributed by atoms with Gasteiger partial charge in [0.1, 0.15) is 5.75 Å². The van der Waals surface area contributed by atoms with E-state index in [0.717, 1.165) is 6.07 Å². The van der Waals surface area contributed by atoms with Gasteiger partial charge in [-0.05, 0) is 36.7 Å². The number of phenols is 1. The molecule has 0 amide bonds. The van der Waals surface area contributed by atoms with Crippen LogP contribution in [0.25, 0.3) is 10.8 Å². The van der Waals surface area contributed by atoms with Gasteiger partial charge in [0.05, 0.1) is 9.79 Å². The van der Waals surface area contributed by atoms with Crippen molar-refractivity contribution in [3.63, 3.8) is 0 Å². The Labute approximate surface area is 151 Å². The number of aromatic hydroxyl groups is 1. The molecular weight excluding hydrogens is 376 g/mol. The average Bonchev–Trinajstić information content (AvgIpc) is 2.61. The van der Waals surface area contributed by atoms with Gasteiger partial charge in [0.15, 0.2) is 0 Å². The van der Waals surface area contributed by atoms with Gasteiger partial charge in [0.2, 0.25) is 10.0 Å². The van der Waals surface area contributed by atoms with Crippen molar-refractivity contribution >= 4 is 36.5 Å². The number of anilines is 1. The van der Waals surface area contributed by atoms with Crippen LogP contribution in [0, 0.1) is 0 Å². The summed E-state index contributed by atoms with van der Waals surface area (Å²) < 4.78 is 54.0. The van der Waals surface area contributed by atoms with Crippen molar-refractivity contribution in [2.75, 3.05) is 11.8 Å². The van der Waals surface area contributed by atoms with Crippen LogP contribution in [0.15, 0.2) is 70.5 Å². The maximum absolute atomic E-state index is 12.6. The van der Waals surface area contributed by atoms with Crippen molar-refractivity contribution in [1.29, 1.82) is 0 Å². The predicted octanol–water partition coefficient (Wildman–Crippen LogP) is 2.25. The van der Waals surface area contributed by atoms with E-state index in [9.17, 15) is 21.9 Å². The number of rotatable bonds is 5. The number of sulfonamides is 2. The molecule has 3 N–H and O–H groups in total. The maximum Gasteiger partial charge on any atom is 0.262 e. The van der Waals surface area contributed by atoms with Crippen molar-refractivity contribution in [3.8, 4) is 5.75 Å². The zero-order valence-electron chi connectivity index (χ0n) is 13.7. The van der Waals surface area contributed by atoms with E-state index in [1.165, 1.54) is 31.3 Å². The first kappa shape index (κ1) is 18.2. The Bertz CT molecular complexity index is 1170. The molecule has 0 radical (unpaired) electrons. The van der Waals surface area contributed by atoms with Crippen LogP contribution < -0.4 is 9.44 Å². The zero-order valence-corrected chi connectivity index (χ0v) is 15.3. The standard InChI is InChI=1S/C17H16N2O5S2/c1-18-26(23,24)16-9-5-6-12-10-14(11-15(20)17(12)16)25(21,22)19-13-7-3-2-4-8-13/h2-11,18-20H,1H3. The minimum atomic E-state index is -3.96. The lowest BCUT2D eigenvalue weighted by atomic mass is 10.1. The highest BCUT2D eigenvalue weighted by atomic mass is 32.2. The van der Waals surface area contributed by atoms with Gasteiger partial charge in [-0.1, -0.05) is 30.3 Å². The normalized spacial score (nSPS) is 12.2. The summed E-state index contributed by atoms with van der Waals surface area (Å²) in [7, 11) is -6.52. The Kier molecular flexibility index (Phi) is 4.61. The Hall–Kier alpha value is -2.62. The summed E-state index contributed by atoms with van der Waals surface area (Å²) in [6.45, 7) is 0. The van der Waals surface area contributed by atoms with E-state index < -0.39 is 25.8 Å². The van der Waals surface area contributed by atoms with Gasteiger partial charge < -0.3 is 5.11 Å². The summed E-state index contributed by atoms with van der Waals surface area (Å²) in [5.74, 6) is -0.439. The second kappa shape index (κ2) is 6.60. The monoisotopic (exact) mass is 392 g/mol. The van der Waals surface area contributed by atoms with Crippen molar-refractivity contribution in [2.24, 2.45) is 0 Å². The molecule has 3 aromatic carbocycles. The Morgan fingerprint density at radius 1 is 0.846 bits per heavy atom. The second-order valence-electron chi connectivity index (χ2n) is 5.48. The van der Waals surface area contributed by atoms with E-state index in [-0.39, 0.29) is 20.6 Å². The predicted molar refractivity (Wildman–Crippen MR) is 99.1 cm³/mol. The van der Waals surface area contributed by atoms with Crippen molar-refractivity contribution < 1.29 is 21.9 Å². The molecule has 0 unspecified atom stereocenters. The number of fused-ring (bicyclic) bond motifs is 1. The largest absolute Gasteiger partial charge is 0.507 e. The Morgan fingerprint density at radius 3 is 2.19 bits per heavy atom. The molecule has 0 aliphatic carbocycles. The average molecular weight is 392 g/mol. The van der Waals surface area contributed by atoms with Gasteiger partial charge in [0, 0.05) is 17.1 Å². The third kappa shape index (κ3) is 3.36. The molecule has 0 fully saturated rings. The number of hydrogen-bond acceptors (Lipinski definition) is 5. The Balaban J connectivity index is 2.16. The lowest BCUT2D eigenvalue weighted by Crippen LogP contribution is -2.19. The molecule has 0 saturated carbocycles. The van der Waals surface area contributed by atoms with Crippen LogP contribution in [0.3, 0.4) is 0 Å². The summed E-state index contributed by atoms with van der Waals surface area (Å²) in [5, 5.41) is 10.7. The quantitative estimate of drug-likeness (QED) is 0.616. The van der Waals surface area contributed by atoms with Gasteiger partial charge in [-0.25, -0.2) is 21.6 Å². The number of phenolic OH excluding ortho intramolecular Hbond substituents is 1. The molecular formula is C17H16N2O5S2. The molecule has 9 heteroatoms. The molecule has 0 aliphatic heterocycles. The van der Waals surface area contributed by atoms with Crippen LogP contribution >= 0.6 is 0 Å². The summed E-state index contributed by atoms with van der Waals surface area (Å²) >= 11 is 0. The summed E-state index contributed by atoms with van der Waals surface area (Å²) in [6.07, 6.45) is 0. The molecule has 0 bridgehead atoms. The summed E-state index contributed by atoms with van der Waals surface area (Å²) in [4.78, 5) is -0.305. The smallest absolute Gasteiger partial charge is 0.262 e. The fraction of sp³-hybridized carbons (Fsp3) is 0.0588. The van der Waals surface area contributed by atoms with Gasteiger partial charge in [0.25, 0.3) is 10.0 Å². The SMILES string of the molecule is CNS(=O)(=O)c1cccc2cc(S(=O)(=O)Nc3ccccc3)cc(O)c12. The zero-order chi connectivity index (χ0) is 18.9. The summed E-state index contributed by atoms with van der Waals surface area (Å²) in [6, 6.07) is 15.0. The molecule has 0 saturated heterocycles. The minimum absolute atomic E-state index is 0.0560. The van der Waals surface area contributed by atoms with Crippen LogP contribution in [-0.4, -0.2) is 29.0 Å². The fourth-order valence-corrected chi connectivity index (χ4v) is 4.64. The van der Waals surface area contributed by atoms with Crippen LogP contribution in [0.4, 0.5) is 5.69 Å². The molecule has 7 nitrogen and oxygen atoms in total. The third-order valence-corrected chi connectivity index (χ3v) is 6.60. The molecule has 136 valence electrons. The van der Waals surface area contributed by atoms with E-state index in [1.54, 1.807) is 30.3 Å². The van der Waals surface area contributed by atoms with E-state index >= 15 is 0 Å². The van der Waals surface area contributed by atoms with Gasteiger partial charge in [-0.15, -0.1) is 0 Å². The number of benzene rings is 3. The van der Waals surface area contributed by atoms with Crippen LogP contribution in [0.5, 0.6) is 5.75 Å². The minimum Gasteiger partial charge on any atom is -0.507 e. The second-order valence-corrected chi connectivity index (χ2v) is 9.01. The number of hydrogen-bond donors (Lipinski definition) is 3. The molecule has 3 rings (SSSR count). The molecule has 0 aliphatic rings. The van der Waals surface area contributed by atoms with Gasteiger partial charge in [-0.2, -0.15) is 0 Å². The first-order chi connectivity index (χ1) is 12.2. The fourth-order valence-electron chi connectivity index (χ4n) is 2.55. The van der Waals surface area contributed by atoms with Gasteiger partial charge >= 0.3 is 0 Å². The molecule has 0 atom stereocenters.